The van der Waals surface area contributed by atoms with Crippen molar-refractivity contribution in [3.05, 3.63) is 59.2 Å². The lowest BCUT2D eigenvalue weighted by Crippen LogP contribution is -2.39. The van der Waals surface area contributed by atoms with Crippen molar-refractivity contribution in [1.29, 1.82) is 0 Å². The molecule has 3 N–H and O–H groups in total. The van der Waals surface area contributed by atoms with E-state index in [0.29, 0.717) is 51.4 Å². The molecule has 3 aliphatic rings. The summed E-state index contributed by atoms with van der Waals surface area (Å²) >= 11 is 0. The summed E-state index contributed by atoms with van der Waals surface area (Å²) in [6, 6.07) is 12.4. The summed E-state index contributed by atoms with van der Waals surface area (Å²) < 4.78 is 6.41. The van der Waals surface area contributed by atoms with E-state index in [1.165, 1.54) is 6.92 Å². The number of amides is 2. The molecule has 3 aliphatic heterocycles. The molecule has 10 nitrogen and oxygen atoms in total. The molecule has 2 aromatic rings. The van der Waals surface area contributed by atoms with Crippen LogP contribution in [0.1, 0.15) is 73.8 Å². The summed E-state index contributed by atoms with van der Waals surface area (Å²) in [6.07, 6.45) is 2.59. The fraction of sp³-hybridized carbons (Fsp3) is 0.500. The summed E-state index contributed by atoms with van der Waals surface area (Å²) in [7, 11) is 0. The lowest BCUT2D eigenvalue weighted by Gasteiger charge is -2.29. The monoisotopic (exact) mass is 550 g/mol. The number of hydrogen-bond donors (Lipinski definition) is 3. The minimum Gasteiger partial charge on any atom is -0.508 e. The topological polar surface area (TPSA) is 120 Å². The van der Waals surface area contributed by atoms with Gasteiger partial charge in [-0.05, 0) is 67.6 Å². The van der Waals surface area contributed by atoms with Crippen molar-refractivity contribution in [3.63, 3.8) is 0 Å². The summed E-state index contributed by atoms with van der Waals surface area (Å²) in [5.74, 6) is -0.163. The Labute approximate surface area is 234 Å². The number of phenolic OH excluding ortho intramolecular Hbond substituents is 1. The van der Waals surface area contributed by atoms with E-state index in [1.807, 2.05) is 23.1 Å². The van der Waals surface area contributed by atoms with E-state index in [2.05, 4.69) is 10.6 Å². The Balaban J connectivity index is 1.54. The SMILES string of the molecule is CC(=O)ON1CCCCN2CCCNC(=O)C[C@H](NCCC1)c1ccc3c(c1)[C@H](C2=O)[C@@H](c1ccc(O)cc1)O3. The molecule has 0 aliphatic carbocycles. The largest absolute Gasteiger partial charge is 0.508 e. The number of ether oxygens (including phenoxy) is 1. The van der Waals surface area contributed by atoms with Gasteiger partial charge in [0.05, 0.1) is 0 Å². The zero-order chi connectivity index (χ0) is 28.1. The minimum atomic E-state index is -0.560. The number of fused-ring (bicyclic) bond motifs is 1. The van der Waals surface area contributed by atoms with Crippen molar-refractivity contribution in [2.75, 3.05) is 39.3 Å². The van der Waals surface area contributed by atoms with Gasteiger partial charge in [0, 0.05) is 57.7 Å². The second-order valence-corrected chi connectivity index (χ2v) is 10.7. The highest BCUT2D eigenvalue weighted by molar-refractivity contribution is 5.87. The quantitative estimate of drug-likeness (QED) is 0.522. The molecule has 3 heterocycles. The number of aromatic hydroxyl groups is 1. The first kappa shape index (κ1) is 27.9. The highest BCUT2D eigenvalue weighted by atomic mass is 16.7. The van der Waals surface area contributed by atoms with Gasteiger partial charge in [-0.3, -0.25) is 14.4 Å². The number of carbonyl (C=O) groups excluding carboxylic acids is 3. The molecule has 40 heavy (non-hydrogen) atoms. The third kappa shape index (κ3) is 6.56. The Morgan fingerprint density at radius 2 is 1.65 bits per heavy atom. The van der Waals surface area contributed by atoms with Gasteiger partial charge in [-0.1, -0.05) is 18.2 Å². The Kier molecular flexibility index (Phi) is 8.86. The van der Waals surface area contributed by atoms with Gasteiger partial charge in [0.15, 0.2) is 0 Å². The van der Waals surface area contributed by atoms with Crippen molar-refractivity contribution < 1.29 is 29.1 Å². The first-order valence-electron chi connectivity index (χ1n) is 14.2. The summed E-state index contributed by atoms with van der Waals surface area (Å²) in [5.41, 5.74) is 2.55. The zero-order valence-electron chi connectivity index (χ0n) is 22.9. The molecular formula is C30H38N4O6. The van der Waals surface area contributed by atoms with Gasteiger partial charge in [-0.25, -0.2) is 0 Å². The maximum absolute atomic E-state index is 14.3. The lowest BCUT2D eigenvalue weighted by molar-refractivity contribution is -0.188. The number of nitrogens with one attached hydrogen (secondary N) is 2. The van der Waals surface area contributed by atoms with Crippen LogP contribution in [-0.2, 0) is 19.2 Å². The van der Waals surface area contributed by atoms with Crippen LogP contribution in [0.15, 0.2) is 42.5 Å². The standard InChI is InChI=1S/C30H38N4O6/c1-20(35)40-34-16-3-2-14-33-15-4-13-32-27(37)19-25(31-12-5-17-34)22-8-11-26-24(18-22)28(30(33)38)29(39-26)21-6-9-23(36)10-7-21/h6-11,18,25,28-29,31,36H,2-5,12-17,19H2,1H3,(H,32,37)/t25-,28-,29+/m0/s1. The van der Waals surface area contributed by atoms with Crippen LogP contribution in [0.3, 0.4) is 0 Å². The minimum absolute atomic E-state index is 0.0204. The molecule has 214 valence electrons. The van der Waals surface area contributed by atoms with Crippen molar-refractivity contribution in [3.8, 4) is 11.5 Å². The molecule has 4 bridgehead atoms. The summed E-state index contributed by atoms with van der Waals surface area (Å²) in [4.78, 5) is 46.2. The highest BCUT2D eigenvalue weighted by Crippen LogP contribution is 2.48. The molecular weight excluding hydrogens is 512 g/mol. The zero-order valence-corrected chi connectivity index (χ0v) is 22.9. The molecule has 0 saturated carbocycles. The Bertz CT molecular complexity index is 1220. The van der Waals surface area contributed by atoms with Crippen LogP contribution in [-0.4, -0.2) is 72.1 Å². The Hall–Kier alpha value is -3.63. The maximum atomic E-state index is 14.3. The average molecular weight is 551 g/mol. The molecule has 5 rings (SSSR count). The number of rotatable bonds is 2. The van der Waals surface area contributed by atoms with E-state index in [-0.39, 0.29) is 36.0 Å². The summed E-state index contributed by atoms with van der Waals surface area (Å²) in [6.45, 7) is 4.70. The normalized spacial score (nSPS) is 24.7. The Morgan fingerprint density at radius 3 is 2.45 bits per heavy atom. The fourth-order valence-corrected chi connectivity index (χ4v) is 5.79. The highest BCUT2D eigenvalue weighted by Gasteiger charge is 2.43. The van der Waals surface area contributed by atoms with Crippen LogP contribution < -0.4 is 15.4 Å². The molecule has 2 amide bonds. The van der Waals surface area contributed by atoms with Gasteiger partial charge < -0.3 is 30.2 Å². The van der Waals surface area contributed by atoms with E-state index in [4.69, 9.17) is 9.57 Å². The predicted molar refractivity (Wildman–Crippen MR) is 147 cm³/mol. The number of hydroxylamine groups is 2. The second kappa shape index (κ2) is 12.7. The van der Waals surface area contributed by atoms with Crippen molar-refractivity contribution in [2.45, 2.75) is 57.1 Å². The number of benzene rings is 2. The maximum Gasteiger partial charge on any atom is 0.322 e. The molecule has 3 atom stereocenters. The second-order valence-electron chi connectivity index (χ2n) is 10.7. The van der Waals surface area contributed by atoms with Gasteiger partial charge in [0.2, 0.25) is 11.8 Å². The number of carbonyl (C=O) groups is 3. The third-order valence-corrected chi connectivity index (χ3v) is 7.76. The van der Waals surface area contributed by atoms with Crippen LogP contribution in [0, 0.1) is 0 Å². The van der Waals surface area contributed by atoms with Crippen LogP contribution in [0.5, 0.6) is 11.5 Å². The Morgan fingerprint density at radius 1 is 0.950 bits per heavy atom. The molecule has 10 heteroatoms. The smallest absolute Gasteiger partial charge is 0.322 e. The predicted octanol–water partition coefficient (Wildman–Crippen LogP) is 2.94. The van der Waals surface area contributed by atoms with E-state index >= 15 is 0 Å². The molecule has 2 aromatic carbocycles. The van der Waals surface area contributed by atoms with Gasteiger partial charge in [0.25, 0.3) is 0 Å². The van der Waals surface area contributed by atoms with Gasteiger partial charge in [-0.2, -0.15) is 0 Å². The first-order valence-corrected chi connectivity index (χ1v) is 14.2. The average Bonchev–Trinajstić information content (AvgIpc) is 3.31. The van der Waals surface area contributed by atoms with Gasteiger partial charge in [0.1, 0.15) is 23.5 Å². The van der Waals surface area contributed by atoms with Crippen molar-refractivity contribution >= 4 is 17.8 Å². The first-order chi connectivity index (χ1) is 19.4. The third-order valence-electron chi connectivity index (χ3n) is 7.76. The van der Waals surface area contributed by atoms with Crippen LogP contribution in [0.25, 0.3) is 0 Å². The van der Waals surface area contributed by atoms with E-state index in [0.717, 1.165) is 36.0 Å². The fourth-order valence-electron chi connectivity index (χ4n) is 5.79. The van der Waals surface area contributed by atoms with Crippen molar-refractivity contribution in [2.24, 2.45) is 0 Å². The van der Waals surface area contributed by atoms with Crippen molar-refractivity contribution in [1.82, 2.24) is 20.6 Å². The number of hydrogen-bond acceptors (Lipinski definition) is 8. The summed E-state index contributed by atoms with van der Waals surface area (Å²) in [5, 5.41) is 18.1. The van der Waals surface area contributed by atoms with Crippen LogP contribution in [0.2, 0.25) is 0 Å². The van der Waals surface area contributed by atoms with E-state index in [1.54, 1.807) is 29.3 Å². The number of nitrogens with zero attached hydrogens (tertiary/aromatic N) is 2. The molecule has 0 fully saturated rings. The molecule has 0 spiro atoms. The van der Waals surface area contributed by atoms with Gasteiger partial charge >= 0.3 is 5.97 Å². The lowest BCUT2D eigenvalue weighted by atomic mass is 9.87. The molecule has 0 radical (unpaired) electrons. The van der Waals surface area contributed by atoms with Crippen LogP contribution in [0.4, 0.5) is 0 Å². The molecule has 0 aromatic heterocycles. The van der Waals surface area contributed by atoms with Gasteiger partial charge in [-0.15, -0.1) is 5.06 Å². The molecule has 0 saturated heterocycles. The van der Waals surface area contributed by atoms with Crippen LogP contribution >= 0.6 is 0 Å². The van der Waals surface area contributed by atoms with E-state index in [9.17, 15) is 19.5 Å². The van der Waals surface area contributed by atoms with E-state index < -0.39 is 12.0 Å². The number of phenols is 1. The molecule has 0 unspecified atom stereocenters.